The van der Waals surface area contributed by atoms with Crippen molar-refractivity contribution in [3.8, 4) is 0 Å². The van der Waals surface area contributed by atoms with Crippen LogP contribution in [0.5, 0.6) is 0 Å². The molecule has 3 nitrogen and oxygen atoms in total. The summed E-state index contributed by atoms with van der Waals surface area (Å²) in [4.78, 5) is 24.8. The highest BCUT2D eigenvalue weighted by molar-refractivity contribution is 6.14. The monoisotopic (exact) mass is 223 g/mol. The first-order valence-corrected chi connectivity index (χ1v) is 6.18. The van der Waals surface area contributed by atoms with E-state index in [1.807, 2.05) is 6.92 Å². The van der Waals surface area contributed by atoms with Gasteiger partial charge in [-0.25, -0.2) is 0 Å². The minimum atomic E-state index is -0.246. The Labute approximate surface area is 97.5 Å². The number of rotatable bonds is 6. The maximum Gasteiger partial charge on any atom is 0.256 e. The molecule has 0 bridgehead atoms. The van der Waals surface area contributed by atoms with Crippen LogP contribution in [-0.4, -0.2) is 23.3 Å². The average Bonchev–Trinajstić information content (AvgIpc) is 2.47. The van der Waals surface area contributed by atoms with Gasteiger partial charge in [-0.2, -0.15) is 0 Å². The quantitative estimate of drug-likeness (QED) is 0.394. The molecule has 1 heterocycles. The van der Waals surface area contributed by atoms with Gasteiger partial charge in [-0.05, 0) is 13.3 Å². The number of carbonyl (C=O) groups is 2. The Kier molecular flexibility index (Phi) is 4.71. The number of imide groups is 1. The molecule has 2 amide bonds. The molecule has 0 aromatic heterocycles. The number of unbranched alkanes of at least 4 members (excludes halogenated alkanes) is 3. The third kappa shape index (κ3) is 2.52. The second kappa shape index (κ2) is 5.83. The van der Waals surface area contributed by atoms with Crippen molar-refractivity contribution in [2.24, 2.45) is 5.92 Å². The van der Waals surface area contributed by atoms with E-state index in [0.717, 1.165) is 19.3 Å². The van der Waals surface area contributed by atoms with Crippen molar-refractivity contribution in [2.45, 2.75) is 46.0 Å². The predicted octanol–water partition coefficient (Wildman–Crippen LogP) is 2.52. The number of likely N-dealkylation sites (N-methyl/N-ethyl adjacent to an activating group) is 1. The number of carbonyl (C=O) groups excluding carboxylic acids is 2. The zero-order chi connectivity index (χ0) is 12.1. The van der Waals surface area contributed by atoms with Crippen LogP contribution < -0.4 is 0 Å². The lowest BCUT2D eigenvalue weighted by Crippen LogP contribution is -2.30. The second-order valence-corrected chi connectivity index (χ2v) is 4.31. The minimum absolute atomic E-state index is 0.0472. The van der Waals surface area contributed by atoms with Crippen LogP contribution in [0.4, 0.5) is 0 Å². The lowest BCUT2D eigenvalue weighted by Gasteiger charge is -2.10. The van der Waals surface area contributed by atoms with Crippen LogP contribution in [0, 0.1) is 5.92 Å². The summed E-state index contributed by atoms with van der Waals surface area (Å²) in [6.45, 7) is 8.19. The Morgan fingerprint density at radius 3 is 2.38 bits per heavy atom. The van der Waals surface area contributed by atoms with E-state index in [2.05, 4.69) is 13.5 Å². The second-order valence-electron chi connectivity index (χ2n) is 4.31. The summed E-state index contributed by atoms with van der Waals surface area (Å²) in [5.41, 5.74) is 0.489. The maximum atomic E-state index is 11.9. The molecule has 3 heteroatoms. The van der Waals surface area contributed by atoms with Crippen LogP contribution in [0.2, 0.25) is 0 Å². The summed E-state index contributed by atoms with van der Waals surface area (Å²) in [6, 6.07) is 0. The third-order valence-corrected chi connectivity index (χ3v) is 3.17. The van der Waals surface area contributed by atoms with E-state index in [9.17, 15) is 9.59 Å². The topological polar surface area (TPSA) is 37.4 Å². The molecule has 0 saturated carbocycles. The summed E-state index contributed by atoms with van der Waals surface area (Å²) in [5.74, 6) is -0.466. The SMILES string of the molecule is C=C1C(=O)N(CC)C(=O)C1CCCCCC. The molecule has 1 fully saturated rings. The molecule has 1 atom stereocenters. The van der Waals surface area contributed by atoms with E-state index in [0.29, 0.717) is 12.1 Å². The van der Waals surface area contributed by atoms with Gasteiger partial charge in [-0.15, -0.1) is 0 Å². The minimum Gasteiger partial charge on any atom is -0.279 e. The van der Waals surface area contributed by atoms with Crippen LogP contribution in [0.3, 0.4) is 0 Å². The largest absolute Gasteiger partial charge is 0.279 e. The van der Waals surface area contributed by atoms with E-state index < -0.39 is 0 Å². The van der Waals surface area contributed by atoms with Crippen LogP contribution >= 0.6 is 0 Å². The normalized spacial score (nSPS) is 21.0. The first-order chi connectivity index (χ1) is 7.63. The Morgan fingerprint density at radius 2 is 1.88 bits per heavy atom. The first kappa shape index (κ1) is 12.9. The van der Waals surface area contributed by atoms with Crippen molar-refractivity contribution in [1.29, 1.82) is 0 Å². The number of hydrogen-bond acceptors (Lipinski definition) is 2. The van der Waals surface area contributed by atoms with Gasteiger partial charge in [0.05, 0.1) is 5.92 Å². The van der Waals surface area contributed by atoms with E-state index in [-0.39, 0.29) is 17.7 Å². The van der Waals surface area contributed by atoms with E-state index >= 15 is 0 Å². The number of amides is 2. The van der Waals surface area contributed by atoms with E-state index in [1.54, 1.807) is 0 Å². The van der Waals surface area contributed by atoms with Gasteiger partial charge in [0.1, 0.15) is 0 Å². The molecule has 1 rings (SSSR count). The van der Waals surface area contributed by atoms with E-state index in [1.165, 1.54) is 17.7 Å². The van der Waals surface area contributed by atoms with Gasteiger partial charge in [0.2, 0.25) is 5.91 Å². The van der Waals surface area contributed by atoms with Gasteiger partial charge in [0.25, 0.3) is 5.91 Å². The molecule has 0 aromatic carbocycles. The van der Waals surface area contributed by atoms with Crippen LogP contribution in [0.15, 0.2) is 12.2 Å². The Balaban J connectivity index is 2.51. The average molecular weight is 223 g/mol. The van der Waals surface area contributed by atoms with Gasteiger partial charge < -0.3 is 0 Å². The van der Waals surface area contributed by atoms with Gasteiger partial charge in [0.15, 0.2) is 0 Å². The Morgan fingerprint density at radius 1 is 1.19 bits per heavy atom. The zero-order valence-electron chi connectivity index (χ0n) is 10.3. The molecule has 0 spiro atoms. The standard InChI is InChI=1S/C13H21NO2/c1-4-6-7-8-9-11-10(3)12(15)14(5-2)13(11)16/h11H,3-9H2,1-2H3. The van der Waals surface area contributed by atoms with Crippen molar-refractivity contribution in [2.75, 3.05) is 6.54 Å². The summed E-state index contributed by atoms with van der Waals surface area (Å²) in [7, 11) is 0. The summed E-state index contributed by atoms with van der Waals surface area (Å²) < 4.78 is 0. The van der Waals surface area contributed by atoms with Gasteiger partial charge >= 0.3 is 0 Å². The summed E-state index contributed by atoms with van der Waals surface area (Å²) >= 11 is 0. The van der Waals surface area contributed by atoms with Crippen LogP contribution in [0.1, 0.15) is 46.0 Å². The lowest BCUT2D eigenvalue weighted by atomic mass is 9.96. The van der Waals surface area contributed by atoms with Crippen molar-refractivity contribution >= 4 is 11.8 Å². The Hall–Kier alpha value is -1.12. The highest BCUT2D eigenvalue weighted by atomic mass is 16.2. The van der Waals surface area contributed by atoms with Gasteiger partial charge in [0, 0.05) is 12.1 Å². The number of hydrogen-bond donors (Lipinski definition) is 0. The van der Waals surface area contributed by atoms with Gasteiger partial charge in [-0.1, -0.05) is 39.2 Å². The Bertz CT molecular complexity index is 296. The van der Waals surface area contributed by atoms with Crippen LogP contribution in [0.25, 0.3) is 0 Å². The molecule has 16 heavy (non-hydrogen) atoms. The van der Waals surface area contributed by atoms with Crippen molar-refractivity contribution in [1.82, 2.24) is 4.90 Å². The zero-order valence-corrected chi connectivity index (χ0v) is 10.3. The molecule has 1 saturated heterocycles. The smallest absolute Gasteiger partial charge is 0.256 e. The predicted molar refractivity (Wildman–Crippen MR) is 63.8 cm³/mol. The van der Waals surface area contributed by atoms with Crippen molar-refractivity contribution in [3.05, 3.63) is 12.2 Å². The first-order valence-electron chi connectivity index (χ1n) is 6.18. The summed E-state index contributed by atoms with van der Waals surface area (Å²) in [6.07, 6.45) is 5.29. The van der Waals surface area contributed by atoms with Crippen molar-refractivity contribution < 1.29 is 9.59 Å². The summed E-state index contributed by atoms with van der Waals surface area (Å²) in [5, 5.41) is 0. The molecular formula is C13H21NO2. The maximum absolute atomic E-state index is 11.9. The molecule has 1 unspecified atom stereocenters. The molecule has 0 aliphatic carbocycles. The number of nitrogens with zero attached hydrogens (tertiary/aromatic N) is 1. The van der Waals surface area contributed by atoms with Crippen LogP contribution in [-0.2, 0) is 9.59 Å². The molecule has 0 radical (unpaired) electrons. The fourth-order valence-corrected chi connectivity index (χ4v) is 2.13. The fourth-order valence-electron chi connectivity index (χ4n) is 2.13. The highest BCUT2D eigenvalue weighted by Crippen LogP contribution is 2.28. The third-order valence-electron chi connectivity index (χ3n) is 3.17. The molecule has 90 valence electrons. The fraction of sp³-hybridized carbons (Fsp3) is 0.692. The van der Waals surface area contributed by atoms with Gasteiger partial charge in [-0.3, -0.25) is 14.5 Å². The lowest BCUT2D eigenvalue weighted by molar-refractivity contribution is -0.138. The van der Waals surface area contributed by atoms with Crippen molar-refractivity contribution in [3.63, 3.8) is 0 Å². The number of likely N-dealkylation sites (tertiary alicyclic amines) is 1. The molecule has 1 aliphatic heterocycles. The molecular weight excluding hydrogens is 202 g/mol. The molecule has 0 aromatic rings. The van der Waals surface area contributed by atoms with E-state index in [4.69, 9.17) is 0 Å². The molecule has 1 aliphatic rings. The molecule has 0 N–H and O–H groups in total. The highest BCUT2D eigenvalue weighted by Gasteiger charge is 2.40.